The fourth-order valence-electron chi connectivity index (χ4n) is 2.11. The highest BCUT2D eigenvalue weighted by atomic mass is 32.1. The number of hydrogen-bond acceptors (Lipinski definition) is 5. The molecule has 0 spiro atoms. The van der Waals surface area contributed by atoms with Crippen molar-refractivity contribution in [3.63, 3.8) is 0 Å². The Morgan fingerprint density at radius 1 is 1.20 bits per heavy atom. The maximum atomic E-state index is 13.4. The van der Waals surface area contributed by atoms with Crippen LogP contribution >= 0.6 is 11.3 Å². The predicted molar refractivity (Wildman–Crippen MR) is 80.1 cm³/mol. The number of aryl methyl sites for hydroxylation is 2. The van der Waals surface area contributed by atoms with Crippen LogP contribution in [0.3, 0.4) is 0 Å². The number of fused-ring (bicyclic) bond motifs is 1. The topological polar surface area (TPSA) is 63.8 Å². The highest BCUT2D eigenvalue weighted by molar-refractivity contribution is 7.18. The van der Waals surface area contributed by atoms with Crippen molar-refractivity contribution in [3.8, 4) is 11.4 Å². The Labute approximate surface area is 119 Å². The molecule has 0 atom stereocenters. The maximum Gasteiger partial charge on any atom is 0.163 e. The first kappa shape index (κ1) is 13.0. The van der Waals surface area contributed by atoms with E-state index in [1.54, 1.807) is 17.4 Å². The minimum atomic E-state index is -0.307. The third kappa shape index (κ3) is 2.13. The van der Waals surface area contributed by atoms with Crippen LogP contribution in [0.5, 0.6) is 0 Å². The van der Waals surface area contributed by atoms with Gasteiger partial charge < -0.3 is 5.43 Å². The lowest BCUT2D eigenvalue weighted by Gasteiger charge is -2.07. The standard InChI is InChI=1S/C14H13FN4S/c1-7-3-4-9(15)6-10(7)12-17-13(19-16)11-5-8(2)20-14(11)18-12/h3-6H,16H2,1-2H3,(H,17,18,19). The molecule has 1 aromatic carbocycles. The van der Waals surface area contributed by atoms with Crippen molar-refractivity contribution in [2.24, 2.45) is 5.84 Å². The van der Waals surface area contributed by atoms with E-state index >= 15 is 0 Å². The number of rotatable bonds is 2. The van der Waals surface area contributed by atoms with Crippen LogP contribution in [-0.2, 0) is 0 Å². The maximum absolute atomic E-state index is 13.4. The van der Waals surface area contributed by atoms with E-state index in [-0.39, 0.29) is 5.82 Å². The van der Waals surface area contributed by atoms with E-state index in [1.165, 1.54) is 12.1 Å². The predicted octanol–water partition coefficient (Wildman–Crippen LogP) is 3.40. The molecule has 2 aromatic heterocycles. The molecule has 0 radical (unpaired) electrons. The van der Waals surface area contributed by atoms with Crippen molar-refractivity contribution in [1.82, 2.24) is 9.97 Å². The molecule has 4 nitrogen and oxygen atoms in total. The number of thiophene rings is 1. The molecule has 20 heavy (non-hydrogen) atoms. The molecule has 6 heteroatoms. The summed E-state index contributed by atoms with van der Waals surface area (Å²) in [6.07, 6.45) is 0. The molecule has 2 heterocycles. The zero-order valence-electron chi connectivity index (χ0n) is 11.1. The smallest absolute Gasteiger partial charge is 0.163 e. The lowest BCUT2D eigenvalue weighted by molar-refractivity contribution is 0.628. The SMILES string of the molecule is Cc1cc2c(NN)nc(-c3cc(F)ccc3C)nc2s1. The molecule has 0 aliphatic carbocycles. The van der Waals surface area contributed by atoms with Crippen molar-refractivity contribution in [1.29, 1.82) is 0 Å². The van der Waals surface area contributed by atoms with Gasteiger partial charge in [0.05, 0.1) is 5.39 Å². The average molecular weight is 288 g/mol. The molecule has 0 aliphatic rings. The molecule has 0 bridgehead atoms. The molecule has 0 saturated heterocycles. The van der Waals surface area contributed by atoms with Crippen LogP contribution in [0.1, 0.15) is 10.4 Å². The Morgan fingerprint density at radius 2 is 2.00 bits per heavy atom. The molecule has 0 saturated carbocycles. The zero-order valence-corrected chi connectivity index (χ0v) is 11.9. The molecule has 0 unspecified atom stereocenters. The number of hydrazine groups is 1. The summed E-state index contributed by atoms with van der Waals surface area (Å²) < 4.78 is 13.4. The summed E-state index contributed by atoms with van der Waals surface area (Å²) in [7, 11) is 0. The van der Waals surface area contributed by atoms with Crippen LogP contribution in [0.4, 0.5) is 10.2 Å². The molecule has 0 aliphatic heterocycles. The first-order valence-corrected chi connectivity index (χ1v) is 6.91. The average Bonchev–Trinajstić information content (AvgIpc) is 2.80. The Kier molecular flexibility index (Phi) is 3.11. The van der Waals surface area contributed by atoms with Gasteiger partial charge in [-0.15, -0.1) is 11.3 Å². The van der Waals surface area contributed by atoms with Crippen molar-refractivity contribution in [2.75, 3.05) is 5.43 Å². The monoisotopic (exact) mass is 288 g/mol. The minimum Gasteiger partial charge on any atom is -0.308 e. The number of benzene rings is 1. The van der Waals surface area contributed by atoms with E-state index in [1.807, 2.05) is 19.9 Å². The van der Waals surface area contributed by atoms with Gasteiger partial charge in [-0.3, -0.25) is 0 Å². The molecule has 3 rings (SSSR count). The van der Waals surface area contributed by atoms with Crippen LogP contribution in [-0.4, -0.2) is 9.97 Å². The molecule has 0 fully saturated rings. The van der Waals surface area contributed by atoms with Crippen LogP contribution in [0.15, 0.2) is 24.3 Å². The van der Waals surface area contributed by atoms with E-state index in [9.17, 15) is 4.39 Å². The van der Waals surface area contributed by atoms with Crippen LogP contribution in [0.2, 0.25) is 0 Å². The summed E-state index contributed by atoms with van der Waals surface area (Å²) >= 11 is 1.56. The number of nitrogens with zero attached hydrogens (tertiary/aromatic N) is 2. The Bertz CT molecular complexity index is 797. The zero-order chi connectivity index (χ0) is 14.3. The van der Waals surface area contributed by atoms with Gasteiger partial charge in [-0.1, -0.05) is 6.07 Å². The fourth-order valence-corrected chi connectivity index (χ4v) is 2.99. The van der Waals surface area contributed by atoms with Gasteiger partial charge in [0.1, 0.15) is 10.6 Å². The molecular weight excluding hydrogens is 275 g/mol. The normalized spacial score (nSPS) is 11.0. The molecule has 3 aromatic rings. The summed E-state index contributed by atoms with van der Waals surface area (Å²) in [5.74, 6) is 6.25. The van der Waals surface area contributed by atoms with E-state index in [0.717, 1.165) is 20.7 Å². The summed E-state index contributed by atoms with van der Waals surface area (Å²) in [6.45, 7) is 3.90. The second-order valence-electron chi connectivity index (χ2n) is 4.58. The quantitative estimate of drug-likeness (QED) is 0.560. The molecular formula is C14H13FN4S. The minimum absolute atomic E-state index is 0.307. The number of halogens is 1. The lowest BCUT2D eigenvalue weighted by Crippen LogP contribution is -2.10. The Balaban J connectivity index is 2.28. The van der Waals surface area contributed by atoms with Gasteiger partial charge in [0.15, 0.2) is 11.6 Å². The summed E-state index contributed by atoms with van der Waals surface area (Å²) in [4.78, 5) is 10.9. The van der Waals surface area contributed by atoms with Crippen molar-refractivity contribution >= 4 is 27.4 Å². The van der Waals surface area contributed by atoms with Crippen molar-refractivity contribution in [2.45, 2.75) is 13.8 Å². The largest absolute Gasteiger partial charge is 0.308 e. The van der Waals surface area contributed by atoms with Gasteiger partial charge in [-0.2, -0.15) is 0 Å². The van der Waals surface area contributed by atoms with Gasteiger partial charge in [0.25, 0.3) is 0 Å². The number of nitrogens with two attached hydrogens (primary N) is 1. The first-order valence-electron chi connectivity index (χ1n) is 6.10. The second kappa shape index (κ2) is 4.81. The lowest BCUT2D eigenvalue weighted by atomic mass is 10.1. The summed E-state index contributed by atoms with van der Waals surface area (Å²) in [6, 6.07) is 6.57. The van der Waals surface area contributed by atoms with Gasteiger partial charge in [0, 0.05) is 10.4 Å². The highest BCUT2D eigenvalue weighted by Crippen LogP contribution is 2.31. The number of nitrogens with one attached hydrogen (secondary N) is 1. The third-order valence-electron chi connectivity index (χ3n) is 3.09. The number of aromatic nitrogens is 2. The van der Waals surface area contributed by atoms with E-state index in [4.69, 9.17) is 5.84 Å². The Morgan fingerprint density at radius 3 is 2.75 bits per heavy atom. The molecule has 0 amide bonds. The van der Waals surface area contributed by atoms with E-state index < -0.39 is 0 Å². The number of anilines is 1. The van der Waals surface area contributed by atoms with Gasteiger partial charge in [0.2, 0.25) is 0 Å². The van der Waals surface area contributed by atoms with Crippen molar-refractivity contribution < 1.29 is 4.39 Å². The van der Waals surface area contributed by atoms with Gasteiger partial charge in [-0.05, 0) is 37.6 Å². The number of hydrogen-bond donors (Lipinski definition) is 2. The fraction of sp³-hybridized carbons (Fsp3) is 0.143. The van der Waals surface area contributed by atoms with Crippen LogP contribution in [0, 0.1) is 19.7 Å². The van der Waals surface area contributed by atoms with Crippen LogP contribution in [0.25, 0.3) is 21.6 Å². The van der Waals surface area contributed by atoms with E-state index in [2.05, 4.69) is 15.4 Å². The second-order valence-corrected chi connectivity index (χ2v) is 5.81. The van der Waals surface area contributed by atoms with Crippen molar-refractivity contribution in [3.05, 3.63) is 40.5 Å². The molecule has 102 valence electrons. The highest BCUT2D eigenvalue weighted by Gasteiger charge is 2.13. The Hall–Kier alpha value is -2.05. The number of nitrogen functional groups attached to an aromatic ring is 1. The summed E-state index contributed by atoms with van der Waals surface area (Å²) in [5.41, 5.74) is 4.18. The third-order valence-corrected chi connectivity index (χ3v) is 4.04. The van der Waals surface area contributed by atoms with Crippen LogP contribution < -0.4 is 11.3 Å². The first-order chi connectivity index (χ1) is 9.58. The van der Waals surface area contributed by atoms with Gasteiger partial charge >= 0.3 is 0 Å². The van der Waals surface area contributed by atoms with E-state index in [0.29, 0.717) is 17.2 Å². The molecule has 3 N–H and O–H groups in total. The summed E-state index contributed by atoms with van der Waals surface area (Å²) in [5, 5.41) is 0.882. The van der Waals surface area contributed by atoms with Gasteiger partial charge in [-0.25, -0.2) is 20.2 Å².